The molecule has 2 aromatic carbocycles. The van der Waals surface area contributed by atoms with Gasteiger partial charge >= 0.3 is 6.36 Å². The van der Waals surface area contributed by atoms with Gasteiger partial charge in [0.25, 0.3) is 0 Å². The number of hydrogen-bond acceptors (Lipinski definition) is 2. The van der Waals surface area contributed by atoms with Gasteiger partial charge in [0, 0.05) is 5.56 Å². The summed E-state index contributed by atoms with van der Waals surface area (Å²) < 4.78 is 40.5. The van der Waals surface area contributed by atoms with Gasteiger partial charge in [0.05, 0.1) is 5.02 Å². The predicted octanol–water partition coefficient (Wildman–Crippen LogP) is 5.40. The third-order valence-electron chi connectivity index (χ3n) is 2.76. The van der Waals surface area contributed by atoms with Crippen LogP contribution in [0, 0.1) is 0 Å². The van der Waals surface area contributed by atoms with Crippen molar-refractivity contribution in [3.05, 3.63) is 64.7 Å². The number of alkyl halides is 4. The molecule has 1 atom stereocenters. The number of carbonyl (C=O) groups is 1. The molecule has 2 nitrogen and oxygen atoms in total. The first-order valence-electron chi connectivity index (χ1n) is 6.06. The molecule has 0 aliphatic heterocycles. The first-order valence-corrected chi connectivity index (χ1v) is 6.88. The van der Waals surface area contributed by atoms with E-state index in [4.69, 9.17) is 23.2 Å². The summed E-state index contributed by atoms with van der Waals surface area (Å²) in [4.78, 5) is 12.3. The highest BCUT2D eigenvalue weighted by atomic mass is 35.5. The van der Waals surface area contributed by atoms with Crippen LogP contribution in [-0.2, 0) is 0 Å². The van der Waals surface area contributed by atoms with Crippen LogP contribution in [0.15, 0.2) is 48.5 Å². The summed E-state index contributed by atoms with van der Waals surface area (Å²) in [6.07, 6.45) is -4.85. The fraction of sp³-hybridized carbons (Fsp3) is 0.133. The molecule has 0 aromatic heterocycles. The van der Waals surface area contributed by atoms with E-state index in [0.29, 0.717) is 5.56 Å². The van der Waals surface area contributed by atoms with Crippen molar-refractivity contribution < 1.29 is 22.7 Å². The Morgan fingerprint density at radius 2 is 1.73 bits per heavy atom. The lowest BCUT2D eigenvalue weighted by molar-refractivity contribution is -0.274. The van der Waals surface area contributed by atoms with Gasteiger partial charge in [0.1, 0.15) is 11.1 Å². The molecule has 0 saturated heterocycles. The van der Waals surface area contributed by atoms with Gasteiger partial charge in [-0.15, -0.1) is 24.8 Å². The Hall–Kier alpha value is -1.72. The number of rotatable bonds is 4. The Morgan fingerprint density at radius 3 is 2.32 bits per heavy atom. The normalized spacial score (nSPS) is 12.8. The maximum Gasteiger partial charge on any atom is 0.573 e. The maximum absolute atomic E-state index is 12.3. The molecule has 0 saturated carbocycles. The van der Waals surface area contributed by atoms with Crippen LogP contribution in [0.3, 0.4) is 0 Å². The molecule has 0 aliphatic carbocycles. The van der Waals surface area contributed by atoms with E-state index in [2.05, 4.69) is 4.74 Å². The number of halogens is 5. The van der Waals surface area contributed by atoms with Crippen LogP contribution in [0.1, 0.15) is 21.3 Å². The Kier molecular flexibility index (Phi) is 4.98. The van der Waals surface area contributed by atoms with E-state index >= 15 is 0 Å². The van der Waals surface area contributed by atoms with Gasteiger partial charge in [-0.05, 0) is 23.8 Å². The first-order chi connectivity index (χ1) is 10.3. The monoisotopic (exact) mass is 348 g/mol. The van der Waals surface area contributed by atoms with Crippen LogP contribution in [0.4, 0.5) is 13.2 Å². The van der Waals surface area contributed by atoms with Crippen LogP contribution < -0.4 is 4.74 Å². The lowest BCUT2D eigenvalue weighted by Gasteiger charge is -2.13. The molecular weight excluding hydrogens is 340 g/mol. The van der Waals surface area contributed by atoms with Crippen LogP contribution in [0.5, 0.6) is 5.75 Å². The van der Waals surface area contributed by atoms with Gasteiger partial charge in [-0.1, -0.05) is 41.9 Å². The molecule has 0 aliphatic rings. The van der Waals surface area contributed by atoms with E-state index in [-0.39, 0.29) is 10.6 Å². The molecule has 0 bridgehead atoms. The Morgan fingerprint density at radius 1 is 1.09 bits per heavy atom. The SMILES string of the molecule is O=C(c1cc(OC(F)(F)F)ccc1Cl)C(Cl)c1ccccc1. The lowest BCUT2D eigenvalue weighted by Crippen LogP contribution is -2.17. The molecular formula is C15H9Cl2F3O2. The minimum Gasteiger partial charge on any atom is -0.406 e. The molecule has 0 spiro atoms. The average molecular weight is 349 g/mol. The Bertz CT molecular complexity index is 672. The predicted molar refractivity (Wildman–Crippen MR) is 77.5 cm³/mol. The van der Waals surface area contributed by atoms with Crippen molar-refractivity contribution >= 4 is 29.0 Å². The van der Waals surface area contributed by atoms with Gasteiger partial charge in [-0.2, -0.15) is 0 Å². The third-order valence-corrected chi connectivity index (χ3v) is 3.54. The minimum absolute atomic E-state index is 0.00102. The van der Waals surface area contributed by atoms with E-state index in [1.165, 1.54) is 0 Å². The van der Waals surface area contributed by atoms with Crippen LogP contribution in [-0.4, -0.2) is 12.1 Å². The highest BCUT2D eigenvalue weighted by Gasteiger charge is 2.32. The molecule has 1 unspecified atom stereocenters. The van der Waals surface area contributed by atoms with Gasteiger partial charge in [0.15, 0.2) is 5.78 Å². The van der Waals surface area contributed by atoms with Crippen molar-refractivity contribution in [2.45, 2.75) is 11.7 Å². The van der Waals surface area contributed by atoms with E-state index in [1.54, 1.807) is 30.3 Å². The summed E-state index contributed by atoms with van der Waals surface area (Å²) in [7, 11) is 0. The van der Waals surface area contributed by atoms with Gasteiger partial charge in [-0.3, -0.25) is 4.79 Å². The quantitative estimate of drug-likeness (QED) is 0.546. The maximum atomic E-state index is 12.3. The van der Waals surface area contributed by atoms with E-state index in [1.807, 2.05) is 0 Å². The standard InChI is InChI=1S/C15H9Cl2F3O2/c16-12-7-6-10(22-15(18,19)20)8-11(12)14(21)13(17)9-4-2-1-3-5-9/h1-8,13H. The molecule has 2 rings (SSSR count). The fourth-order valence-corrected chi connectivity index (χ4v) is 2.27. The third kappa shape index (κ3) is 4.15. The number of Topliss-reactive ketones (excluding diaryl/α,β-unsaturated/α-hetero) is 1. The Labute approximate surface area is 134 Å². The van der Waals surface area contributed by atoms with E-state index in [0.717, 1.165) is 18.2 Å². The largest absolute Gasteiger partial charge is 0.573 e. The molecule has 2 aromatic rings. The minimum atomic E-state index is -4.85. The number of ether oxygens (including phenoxy) is 1. The molecule has 0 N–H and O–H groups in total. The first kappa shape index (κ1) is 16.6. The zero-order valence-electron chi connectivity index (χ0n) is 10.9. The smallest absolute Gasteiger partial charge is 0.406 e. The molecule has 7 heteroatoms. The molecule has 0 heterocycles. The molecule has 0 radical (unpaired) electrons. The topological polar surface area (TPSA) is 26.3 Å². The molecule has 0 fully saturated rings. The van der Waals surface area contributed by atoms with Crippen molar-refractivity contribution in [3.8, 4) is 5.75 Å². The summed E-state index contributed by atoms with van der Waals surface area (Å²) in [5.74, 6) is -1.14. The summed E-state index contributed by atoms with van der Waals surface area (Å²) in [6.45, 7) is 0. The van der Waals surface area contributed by atoms with Crippen molar-refractivity contribution in [3.63, 3.8) is 0 Å². The summed E-state index contributed by atoms with van der Waals surface area (Å²) >= 11 is 12.0. The molecule has 22 heavy (non-hydrogen) atoms. The molecule has 0 amide bonds. The van der Waals surface area contributed by atoms with Crippen molar-refractivity contribution in [2.24, 2.45) is 0 Å². The highest BCUT2D eigenvalue weighted by Crippen LogP contribution is 2.32. The zero-order valence-corrected chi connectivity index (χ0v) is 12.4. The van der Waals surface area contributed by atoms with Crippen molar-refractivity contribution in [1.29, 1.82) is 0 Å². The van der Waals surface area contributed by atoms with Gasteiger partial charge in [-0.25, -0.2) is 0 Å². The number of ketones is 1. The zero-order chi connectivity index (χ0) is 16.3. The summed E-state index contributed by atoms with van der Waals surface area (Å²) in [5, 5.41) is -1.05. The summed E-state index contributed by atoms with van der Waals surface area (Å²) in [5.41, 5.74) is 0.389. The highest BCUT2D eigenvalue weighted by molar-refractivity contribution is 6.39. The fourth-order valence-electron chi connectivity index (χ4n) is 1.80. The van der Waals surface area contributed by atoms with Gasteiger partial charge < -0.3 is 4.74 Å². The average Bonchev–Trinajstić information content (AvgIpc) is 2.47. The van der Waals surface area contributed by atoms with Crippen molar-refractivity contribution in [1.82, 2.24) is 0 Å². The second-order valence-corrected chi connectivity index (χ2v) is 5.17. The van der Waals surface area contributed by atoms with Crippen LogP contribution in [0.2, 0.25) is 5.02 Å². The number of benzene rings is 2. The number of carbonyl (C=O) groups excluding carboxylic acids is 1. The van der Waals surface area contributed by atoms with Crippen LogP contribution in [0.25, 0.3) is 0 Å². The van der Waals surface area contributed by atoms with Gasteiger partial charge in [0.2, 0.25) is 0 Å². The summed E-state index contributed by atoms with van der Waals surface area (Å²) in [6, 6.07) is 11.5. The van der Waals surface area contributed by atoms with Crippen LogP contribution >= 0.6 is 23.2 Å². The second kappa shape index (κ2) is 6.58. The van der Waals surface area contributed by atoms with E-state index < -0.39 is 23.3 Å². The Balaban J connectivity index is 2.31. The van der Waals surface area contributed by atoms with Crippen molar-refractivity contribution in [2.75, 3.05) is 0 Å². The molecule has 116 valence electrons. The lowest BCUT2D eigenvalue weighted by atomic mass is 10.0. The second-order valence-electron chi connectivity index (χ2n) is 4.33. The number of hydrogen-bond donors (Lipinski definition) is 0. The van der Waals surface area contributed by atoms with E-state index in [9.17, 15) is 18.0 Å².